The molecule has 0 bridgehead atoms. The summed E-state index contributed by atoms with van der Waals surface area (Å²) in [5.74, 6) is 0.849. The summed E-state index contributed by atoms with van der Waals surface area (Å²) >= 11 is 3.49. The lowest BCUT2D eigenvalue weighted by atomic mass is 10.1. The highest BCUT2D eigenvalue weighted by molar-refractivity contribution is 9.10. The molecule has 0 fully saturated rings. The number of rotatable bonds is 5. The van der Waals surface area contributed by atoms with Crippen molar-refractivity contribution >= 4 is 15.9 Å². The predicted molar refractivity (Wildman–Crippen MR) is 80.2 cm³/mol. The van der Waals surface area contributed by atoms with Gasteiger partial charge in [-0.1, -0.05) is 12.1 Å². The molecule has 100 valence electrons. The Balaban J connectivity index is 1.97. The van der Waals surface area contributed by atoms with Crippen molar-refractivity contribution < 1.29 is 4.74 Å². The molecule has 1 heterocycles. The Morgan fingerprint density at radius 2 is 2.16 bits per heavy atom. The molecule has 0 aliphatic carbocycles. The third kappa shape index (κ3) is 3.78. The van der Waals surface area contributed by atoms with E-state index in [-0.39, 0.29) is 6.04 Å². The highest BCUT2D eigenvalue weighted by atomic mass is 79.9. The molecule has 19 heavy (non-hydrogen) atoms. The number of nitrogens with one attached hydrogen (secondary N) is 1. The third-order valence-corrected chi connectivity index (χ3v) is 3.58. The van der Waals surface area contributed by atoms with Crippen molar-refractivity contribution in [3.63, 3.8) is 0 Å². The maximum atomic E-state index is 5.22. The first-order valence-electron chi connectivity index (χ1n) is 6.17. The Bertz CT molecular complexity index is 531. The quantitative estimate of drug-likeness (QED) is 0.912. The maximum absolute atomic E-state index is 5.22. The minimum absolute atomic E-state index is 0.224. The highest BCUT2D eigenvalue weighted by Gasteiger charge is 2.06. The van der Waals surface area contributed by atoms with Gasteiger partial charge in [-0.25, -0.2) is 0 Å². The van der Waals surface area contributed by atoms with Gasteiger partial charge in [-0.15, -0.1) is 0 Å². The van der Waals surface area contributed by atoms with Gasteiger partial charge in [0.05, 0.1) is 17.3 Å². The van der Waals surface area contributed by atoms with Crippen LogP contribution in [-0.2, 0) is 6.54 Å². The van der Waals surface area contributed by atoms with Crippen LogP contribution in [-0.4, -0.2) is 12.1 Å². The molecule has 3 nitrogen and oxygen atoms in total. The number of benzene rings is 1. The summed E-state index contributed by atoms with van der Waals surface area (Å²) in [6.07, 6.45) is 1.82. The van der Waals surface area contributed by atoms with Gasteiger partial charge in [0.2, 0.25) is 0 Å². The van der Waals surface area contributed by atoms with Crippen LogP contribution >= 0.6 is 15.9 Å². The molecule has 0 aliphatic heterocycles. The van der Waals surface area contributed by atoms with Crippen LogP contribution in [0.4, 0.5) is 0 Å². The number of ether oxygens (including phenoxy) is 1. The Hall–Kier alpha value is -1.39. The van der Waals surface area contributed by atoms with Gasteiger partial charge in [0, 0.05) is 18.8 Å². The van der Waals surface area contributed by atoms with Crippen molar-refractivity contribution in [3.05, 3.63) is 58.3 Å². The molecule has 0 aliphatic rings. The number of hydrogen-bond donors (Lipinski definition) is 1. The van der Waals surface area contributed by atoms with Crippen LogP contribution in [0, 0.1) is 0 Å². The van der Waals surface area contributed by atoms with Crippen LogP contribution in [0.5, 0.6) is 5.75 Å². The molecule has 0 saturated heterocycles. The summed E-state index contributed by atoms with van der Waals surface area (Å²) in [5.41, 5.74) is 2.26. The van der Waals surface area contributed by atoms with Crippen LogP contribution in [0.25, 0.3) is 0 Å². The minimum atomic E-state index is 0.224. The zero-order chi connectivity index (χ0) is 13.7. The Kier molecular flexibility index (Phi) is 4.93. The molecule has 0 amide bonds. The summed E-state index contributed by atoms with van der Waals surface area (Å²) in [6.45, 7) is 2.90. The molecule has 1 aromatic carbocycles. The lowest BCUT2D eigenvalue weighted by molar-refractivity contribution is 0.412. The Labute approximate surface area is 122 Å². The summed E-state index contributed by atoms with van der Waals surface area (Å²) in [6, 6.07) is 12.3. The van der Waals surface area contributed by atoms with Crippen molar-refractivity contribution in [3.8, 4) is 5.75 Å². The van der Waals surface area contributed by atoms with Gasteiger partial charge in [-0.05, 0) is 52.7 Å². The van der Waals surface area contributed by atoms with Crippen molar-refractivity contribution in [1.29, 1.82) is 0 Å². The largest absolute Gasteiger partial charge is 0.496 e. The molecule has 1 atom stereocenters. The van der Waals surface area contributed by atoms with Crippen LogP contribution in [0.2, 0.25) is 0 Å². The summed E-state index contributed by atoms with van der Waals surface area (Å²) in [5, 5.41) is 3.46. The monoisotopic (exact) mass is 320 g/mol. The van der Waals surface area contributed by atoms with E-state index in [2.05, 4.69) is 45.3 Å². The molecule has 2 rings (SSSR count). The van der Waals surface area contributed by atoms with E-state index in [4.69, 9.17) is 4.74 Å². The number of aromatic nitrogens is 1. The number of hydrogen-bond acceptors (Lipinski definition) is 3. The second-order valence-electron chi connectivity index (χ2n) is 4.33. The van der Waals surface area contributed by atoms with Crippen molar-refractivity contribution in [2.75, 3.05) is 7.11 Å². The summed E-state index contributed by atoms with van der Waals surface area (Å²) in [4.78, 5) is 4.34. The third-order valence-electron chi connectivity index (χ3n) is 2.96. The molecule has 1 N–H and O–H groups in total. The highest BCUT2D eigenvalue weighted by Crippen LogP contribution is 2.25. The molecule has 0 radical (unpaired) electrons. The molecular weight excluding hydrogens is 304 g/mol. The smallest absolute Gasteiger partial charge is 0.133 e. The van der Waals surface area contributed by atoms with E-state index in [1.54, 1.807) is 7.11 Å². The predicted octanol–water partition coefficient (Wildman–Crippen LogP) is 3.70. The number of pyridine rings is 1. The number of methoxy groups -OCH3 is 1. The zero-order valence-electron chi connectivity index (χ0n) is 11.1. The van der Waals surface area contributed by atoms with Crippen LogP contribution in [0.3, 0.4) is 0 Å². The van der Waals surface area contributed by atoms with Gasteiger partial charge in [-0.2, -0.15) is 0 Å². The van der Waals surface area contributed by atoms with Crippen molar-refractivity contribution in [2.45, 2.75) is 19.5 Å². The average molecular weight is 321 g/mol. The van der Waals surface area contributed by atoms with E-state index in [1.807, 2.05) is 30.5 Å². The van der Waals surface area contributed by atoms with Crippen molar-refractivity contribution in [1.82, 2.24) is 10.3 Å². The van der Waals surface area contributed by atoms with Gasteiger partial charge < -0.3 is 10.1 Å². The Morgan fingerprint density at radius 1 is 1.32 bits per heavy atom. The average Bonchev–Trinajstić information content (AvgIpc) is 2.46. The van der Waals surface area contributed by atoms with Crippen LogP contribution in [0.15, 0.2) is 47.1 Å². The lowest BCUT2D eigenvalue weighted by Crippen LogP contribution is -2.18. The summed E-state index contributed by atoms with van der Waals surface area (Å²) in [7, 11) is 1.67. The minimum Gasteiger partial charge on any atom is -0.496 e. The second kappa shape index (κ2) is 6.68. The van der Waals surface area contributed by atoms with E-state index in [0.717, 1.165) is 22.5 Å². The molecule has 2 aromatic rings. The van der Waals surface area contributed by atoms with E-state index in [1.165, 1.54) is 5.56 Å². The SMILES string of the molecule is COc1ccc(CN[C@H](C)c2ccccn2)cc1Br. The fraction of sp³-hybridized carbons (Fsp3) is 0.267. The fourth-order valence-electron chi connectivity index (χ4n) is 1.83. The van der Waals surface area contributed by atoms with Gasteiger partial charge in [0.1, 0.15) is 5.75 Å². The van der Waals surface area contributed by atoms with Gasteiger partial charge in [-0.3, -0.25) is 4.98 Å². The molecule has 0 saturated carbocycles. The Morgan fingerprint density at radius 3 is 2.79 bits per heavy atom. The molecule has 0 spiro atoms. The normalized spacial score (nSPS) is 12.2. The standard InChI is InChI=1S/C15H17BrN2O/c1-11(14-5-3-4-8-17-14)18-10-12-6-7-15(19-2)13(16)9-12/h3-9,11,18H,10H2,1-2H3/t11-/m1/s1. The van der Waals surface area contributed by atoms with E-state index in [9.17, 15) is 0 Å². The van der Waals surface area contributed by atoms with E-state index < -0.39 is 0 Å². The zero-order valence-corrected chi connectivity index (χ0v) is 12.6. The molecule has 1 aromatic heterocycles. The van der Waals surface area contributed by atoms with Crippen molar-refractivity contribution in [2.24, 2.45) is 0 Å². The molecule has 4 heteroatoms. The topological polar surface area (TPSA) is 34.1 Å². The van der Waals surface area contributed by atoms with Gasteiger partial charge >= 0.3 is 0 Å². The lowest BCUT2D eigenvalue weighted by Gasteiger charge is -2.14. The summed E-state index contributed by atoms with van der Waals surface area (Å²) < 4.78 is 6.19. The maximum Gasteiger partial charge on any atom is 0.133 e. The van der Waals surface area contributed by atoms with E-state index >= 15 is 0 Å². The fourth-order valence-corrected chi connectivity index (χ4v) is 2.42. The van der Waals surface area contributed by atoms with Crippen LogP contribution in [0.1, 0.15) is 24.2 Å². The number of nitrogens with zero attached hydrogens (tertiary/aromatic N) is 1. The van der Waals surface area contributed by atoms with Gasteiger partial charge in [0.25, 0.3) is 0 Å². The van der Waals surface area contributed by atoms with Crippen LogP contribution < -0.4 is 10.1 Å². The van der Waals surface area contributed by atoms with E-state index in [0.29, 0.717) is 0 Å². The molecule has 0 unspecified atom stereocenters. The number of halogens is 1. The first-order valence-corrected chi connectivity index (χ1v) is 6.96. The first kappa shape index (κ1) is 14.0. The molecular formula is C15H17BrN2O. The van der Waals surface area contributed by atoms with Gasteiger partial charge in [0.15, 0.2) is 0 Å². The first-order chi connectivity index (χ1) is 9.20. The second-order valence-corrected chi connectivity index (χ2v) is 5.18.